The molecule has 0 bridgehead atoms. The van der Waals surface area contributed by atoms with Crippen LogP contribution in [0.15, 0.2) is 12.7 Å². The Kier molecular flexibility index (Phi) is 10.7. The normalized spacial score (nSPS) is 12.9. The summed E-state index contributed by atoms with van der Waals surface area (Å²) in [7, 11) is 0. The molecule has 0 heterocycles. The highest BCUT2D eigenvalue weighted by Gasteiger charge is 2.48. The lowest BCUT2D eigenvalue weighted by Gasteiger charge is -2.25. The Morgan fingerprint density at radius 1 is 1.05 bits per heavy atom. The van der Waals surface area contributed by atoms with Crippen LogP contribution >= 0.6 is 22.6 Å². The molecule has 1 atom stereocenters. The lowest BCUT2D eigenvalue weighted by Crippen LogP contribution is -2.46. The van der Waals surface area contributed by atoms with Crippen LogP contribution in [0.3, 0.4) is 0 Å². The second-order valence-corrected chi connectivity index (χ2v) is 7.27. The van der Waals surface area contributed by atoms with Gasteiger partial charge in [0, 0.05) is 0 Å². The van der Waals surface area contributed by atoms with Gasteiger partial charge in [0.1, 0.15) is 0 Å². The van der Waals surface area contributed by atoms with Gasteiger partial charge < -0.3 is 10.2 Å². The number of carboxylic acids is 2. The van der Waals surface area contributed by atoms with Crippen LogP contribution in [0, 0.1) is 5.92 Å². The molecule has 1 unspecified atom stereocenters. The monoisotopic (exact) mass is 410 g/mol. The van der Waals surface area contributed by atoms with E-state index in [2.05, 4.69) is 6.58 Å². The number of hydrogen-bond acceptors (Lipinski definition) is 2. The first-order valence-electron chi connectivity index (χ1n) is 7.64. The first-order chi connectivity index (χ1) is 9.87. The van der Waals surface area contributed by atoms with Crippen molar-refractivity contribution in [2.24, 2.45) is 5.92 Å². The third kappa shape index (κ3) is 7.29. The zero-order valence-electron chi connectivity index (χ0n) is 12.8. The molecule has 0 aromatic carbocycles. The van der Waals surface area contributed by atoms with Crippen LogP contribution in [0.25, 0.3) is 0 Å². The Bertz CT molecular complexity index is 327. The molecule has 0 amide bonds. The number of hydrogen-bond donors (Lipinski definition) is 2. The van der Waals surface area contributed by atoms with E-state index in [0.717, 1.165) is 25.7 Å². The molecule has 0 saturated heterocycles. The van der Waals surface area contributed by atoms with Gasteiger partial charge >= 0.3 is 11.9 Å². The van der Waals surface area contributed by atoms with E-state index >= 15 is 0 Å². The fourth-order valence-corrected chi connectivity index (χ4v) is 2.65. The second kappa shape index (κ2) is 11.0. The summed E-state index contributed by atoms with van der Waals surface area (Å²) in [5.41, 5.74) is 0. The van der Waals surface area contributed by atoms with Crippen molar-refractivity contribution in [1.82, 2.24) is 0 Å². The summed E-state index contributed by atoms with van der Waals surface area (Å²) in [6.07, 6.45) is 11.6. The van der Waals surface area contributed by atoms with Crippen LogP contribution in [0.5, 0.6) is 0 Å². The van der Waals surface area contributed by atoms with Crippen molar-refractivity contribution in [3.05, 3.63) is 12.7 Å². The van der Waals surface area contributed by atoms with Gasteiger partial charge in [-0.1, -0.05) is 74.1 Å². The molecule has 21 heavy (non-hydrogen) atoms. The molecule has 0 spiro atoms. The van der Waals surface area contributed by atoms with Gasteiger partial charge in [-0.3, -0.25) is 9.59 Å². The Labute approximate surface area is 141 Å². The van der Waals surface area contributed by atoms with Crippen LogP contribution in [0.1, 0.15) is 64.7 Å². The molecule has 0 aliphatic heterocycles. The Morgan fingerprint density at radius 3 is 1.90 bits per heavy atom. The lowest BCUT2D eigenvalue weighted by atomic mass is 9.89. The Balaban J connectivity index is 3.84. The third-order valence-electron chi connectivity index (χ3n) is 3.85. The molecule has 2 N–H and O–H groups in total. The standard InChI is InChI=1S/C16H27IO4/c1-3-4-5-6-7-8-9-10-11-12-13(2)16(17,14(18)19)15(20)21/h3,13H,1,4-12H2,2H3,(H,18,19)(H,20,21). The number of rotatable bonds is 13. The van der Waals surface area contributed by atoms with Gasteiger partial charge in [0.05, 0.1) is 0 Å². The summed E-state index contributed by atoms with van der Waals surface area (Å²) < 4.78 is -1.71. The van der Waals surface area contributed by atoms with Gasteiger partial charge in [0.2, 0.25) is 3.42 Å². The van der Waals surface area contributed by atoms with Gasteiger partial charge in [-0.05, 0) is 25.2 Å². The average molecular weight is 410 g/mol. The highest BCUT2D eigenvalue weighted by atomic mass is 127. The lowest BCUT2D eigenvalue weighted by molar-refractivity contribution is -0.152. The van der Waals surface area contributed by atoms with Gasteiger partial charge in [-0.15, -0.1) is 6.58 Å². The molecular weight excluding hydrogens is 383 g/mol. The summed E-state index contributed by atoms with van der Waals surface area (Å²) in [6, 6.07) is 0. The number of unbranched alkanes of at least 4 members (excludes halogenated alkanes) is 7. The van der Waals surface area contributed by atoms with Crippen molar-refractivity contribution >= 4 is 34.5 Å². The minimum absolute atomic E-state index is 0.374. The van der Waals surface area contributed by atoms with Gasteiger partial charge in [0.15, 0.2) is 0 Å². The summed E-state index contributed by atoms with van der Waals surface area (Å²) in [5.74, 6) is -2.89. The van der Waals surface area contributed by atoms with E-state index in [4.69, 9.17) is 10.2 Å². The van der Waals surface area contributed by atoms with Crippen molar-refractivity contribution < 1.29 is 19.8 Å². The molecule has 4 nitrogen and oxygen atoms in total. The van der Waals surface area contributed by atoms with Gasteiger partial charge in [-0.2, -0.15) is 0 Å². The maximum absolute atomic E-state index is 11.2. The third-order valence-corrected chi connectivity index (χ3v) is 5.83. The van der Waals surface area contributed by atoms with Crippen molar-refractivity contribution in [1.29, 1.82) is 0 Å². The Morgan fingerprint density at radius 2 is 1.48 bits per heavy atom. The van der Waals surface area contributed by atoms with Crippen LogP contribution in [0.2, 0.25) is 0 Å². The maximum atomic E-state index is 11.2. The summed E-state index contributed by atoms with van der Waals surface area (Å²) >= 11 is 1.56. The van der Waals surface area contributed by atoms with Crippen LogP contribution < -0.4 is 0 Å². The molecule has 0 fully saturated rings. The minimum Gasteiger partial charge on any atom is -0.480 e. The van der Waals surface area contributed by atoms with Gasteiger partial charge in [-0.25, -0.2) is 0 Å². The molecule has 0 aliphatic rings. The highest BCUT2D eigenvalue weighted by Crippen LogP contribution is 2.33. The molecule has 0 aromatic rings. The van der Waals surface area contributed by atoms with E-state index in [1.54, 1.807) is 29.5 Å². The topological polar surface area (TPSA) is 74.6 Å². The molecule has 0 aliphatic carbocycles. The van der Waals surface area contributed by atoms with Crippen molar-refractivity contribution in [3.8, 4) is 0 Å². The van der Waals surface area contributed by atoms with Crippen molar-refractivity contribution in [3.63, 3.8) is 0 Å². The highest BCUT2D eigenvalue weighted by molar-refractivity contribution is 14.1. The molecule has 0 aromatic heterocycles. The van der Waals surface area contributed by atoms with Crippen molar-refractivity contribution in [2.45, 2.75) is 68.1 Å². The predicted octanol–water partition coefficient (Wildman–Crippen LogP) is 4.66. The summed E-state index contributed by atoms with van der Waals surface area (Å²) in [6.45, 7) is 5.41. The zero-order chi connectivity index (χ0) is 16.3. The van der Waals surface area contributed by atoms with Crippen LogP contribution in [0.4, 0.5) is 0 Å². The SMILES string of the molecule is C=CCCCCCCCCCC(C)C(I)(C(=O)O)C(=O)O. The van der Waals surface area contributed by atoms with E-state index in [-0.39, 0.29) is 5.92 Å². The smallest absolute Gasteiger partial charge is 0.331 e. The quantitative estimate of drug-likeness (QED) is 0.152. The summed E-state index contributed by atoms with van der Waals surface area (Å²) in [5, 5.41) is 18.2. The van der Waals surface area contributed by atoms with E-state index < -0.39 is 15.4 Å². The van der Waals surface area contributed by atoms with Crippen LogP contribution in [-0.2, 0) is 9.59 Å². The van der Waals surface area contributed by atoms with Gasteiger partial charge in [0.25, 0.3) is 0 Å². The fraction of sp³-hybridized carbons (Fsp3) is 0.750. The van der Waals surface area contributed by atoms with Crippen LogP contribution in [-0.4, -0.2) is 25.6 Å². The first kappa shape index (κ1) is 20.4. The zero-order valence-corrected chi connectivity index (χ0v) is 15.0. The van der Waals surface area contributed by atoms with E-state index in [9.17, 15) is 9.59 Å². The molecular formula is C16H27IO4. The van der Waals surface area contributed by atoms with Crippen molar-refractivity contribution in [2.75, 3.05) is 0 Å². The number of halogens is 1. The molecule has 122 valence electrons. The van der Waals surface area contributed by atoms with E-state index in [1.165, 1.54) is 25.7 Å². The number of aliphatic carboxylic acids is 2. The predicted molar refractivity (Wildman–Crippen MR) is 92.9 cm³/mol. The molecule has 0 saturated carbocycles. The fourth-order valence-electron chi connectivity index (χ4n) is 2.34. The second-order valence-electron chi connectivity index (χ2n) is 5.56. The number of allylic oxidation sites excluding steroid dienone is 1. The molecule has 5 heteroatoms. The maximum Gasteiger partial charge on any atom is 0.331 e. The summed E-state index contributed by atoms with van der Waals surface area (Å²) in [4.78, 5) is 22.3. The molecule has 0 radical (unpaired) electrons. The van der Waals surface area contributed by atoms with E-state index in [1.807, 2.05) is 6.08 Å². The Hall–Kier alpha value is -0.590. The average Bonchev–Trinajstić information content (AvgIpc) is 2.43. The largest absolute Gasteiger partial charge is 0.480 e. The molecule has 0 rings (SSSR count). The number of alkyl halides is 1. The minimum atomic E-state index is -1.71. The van der Waals surface area contributed by atoms with E-state index in [0.29, 0.717) is 6.42 Å². The number of carbonyl (C=O) groups is 2. The number of carboxylic acid groups (broad SMARTS) is 2. The first-order valence-corrected chi connectivity index (χ1v) is 8.71.